The zero-order valence-corrected chi connectivity index (χ0v) is 13.1. The molecule has 2 rings (SSSR count). The van der Waals surface area contributed by atoms with Gasteiger partial charge in [-0.25, -0.2) is 4.39 Å². The number of ether oxygens (including phenoxy) is 1. The zero-order chi connectivity index (χ0) is 14.7. The molecule has 0 saturated carbocycles. The van der Waals surface area contributed by atoms with Gasteiger partial charge < -0.3 is 9.84 Å². The Bertz CT molecular complexity index is 617. The first kappa shape index (κ1) is 15.3. The molecule has 0 spiro atoms. The second kappa shape index (κ2) is 6.57. The van der Waals surface area contributed by atoms with Gasteiger partial charge in [0.1, 0.15) is 18.2 Å². The standard InChI is InChI=1S/C15H13BrClFO2/c1-9(19)13-6-11(17)3-5-15(13)20-8-10-2-4-12(18)7-14(10)16/h2-7,9,19H,8H2,1H3. The van der Waals surface area contributed by atoms with Gasteiger partial charge in [-0.05, 0) is 37.3 Å². The Morgan fingerprint density at radius 1 is 1.30 bits per heavy atom. The van der Waals surface area contributed by atoms with Crippen molar-refractivity contribution in [2.24, 2.45) is 0 Å². The first-order valence-corrected chi connectivity index (χ1v) is 7.18. The Morgan fingerprint density at radius 3 is 2.70 bits per heavy atom. The number of hydrogen-bond donors (Lipinski definition) is 1. The third kappa shape index (κ3) is 3.72. The van der Waals surface area contributed by atoms with Crippen LogP contribution < -0.4 is 4.74 Å². The maximum atomic E-state index is 13.0. The Labute approximate surface area is 130 Å². The molecule has 0 radical (unpaired) electrons. The third-order valence-electron chi connectivity index (χ3n) is 2.82. The molecule has 0 amide bonds. The lowest BCUT2D eigenvalue weighted by Gasteiger charge is -2.14. The summed E-state index contributed by atoms with van der Waals surface area (Å²) in [5.74, 6) is 0.248. The van der Waals surface area contributed by atoms with E-state index in [2.05, 4.69) is 15.9 Å². The van der Waals surface area contributed by atoms with Crippen molar-refractivity contribution in [3.8, 4) is 5.75 Å². The molecule has 0 heterocycles. The normalized spacial score (nSPS) is 12.2. The van der Waals surface area contributed by atoms with Gasteiger partial charge in [0.05, 0.1) is 6.10 Å². The van der Waals surface area contributed by atoms with Crippen LogP contribution in [0, 0.1) is 5.82 Å². The molecular weight excluding hydrogens is 347 g/mol. The summed E-state index contributed by atoms with van der Waals surface area (Å²) >= 11 is 9.19. The summed E-state index contributed by atoms with van der Waals surface area (Å²) in [5.41, 5.74) is 1.44. The van der Waals surface area contributed by atoms with Crippen LogP contribution in [0.1, 0.15) is 24.2 Å². The van der Waals surface area contributed by atoms with E-state index in [1.807, 2.05) is 0 Å². The predicted octanol–water partition coefficient (Wildman–Crippen LogP) is 4.87. The number of hydrogen-bond acceptors (Lipinski definition) is 2. The van der Waals surface area contributed by atoms with Crippen LogP contribution in [0.5, 0.6) is 5.75 Å². The highest BCUT2D eigenvalue weighted by atomic mass is 79.9. The molecule has 0 aliphatic carbocycles. The number of halogens is 3. The summed E-state index contributed by atoms with van der Waals surface area (Å²) in [6.07, 6.45) is -0.680. The van der Waals surface area contributed by atoms with E-state index in [1.165, 1.54) is 12.1 Å². The lowest BCUT2D eigenvalue weighted by atomic mass is 10.1. The molecule has 0 bridgehead atoms. The van der Waals surface area contributed by atoms with E-state index >= 15 is 0 Å². The molecule has 0 aliphatic rings. The molecule has 1 N–H and O–H groups in total. The Balaban J connectivity index is 2.18. The van der Waals surface area contributed by atoms with E-state index in [4.69, 9.17) is 16.3 Å². The van der Waals surface area contributed by atoms with Crippen LogP contribution >= 0.6 is 27.5 Å². The van der Waals surface area contributed by atoms with E-state index in [9.17, 15) is 9.50 Å². The van der Waals surface area contributed by atoms with Crippen molar-refractivity contribution in [3.63, 3.8) is 0 Å². The number of aliphatic hydroxyl groups excluding tert-OH is 1. The van der Waals surface area contributed by atoms with Crippen molar-refractivity contribution < 1.29 is 14.2 Å². The minimum Gasteiger partial charge on any atom is -0.488 e. The van der Waals surface area contributed by atoms with Gasteiger partial charge in [0, 0.05) is 20.6 Å². The minimum atomic E-state index is -0.680. The van der Waals surface area contributed by atoms with Crippen LogP contribution in [0.15, 0.2) is 40.9 Å². The summed E-state index contributed by atoms with van der Waals surface area (Å²) in [7, 11) is 0. The highest BCUT2D eigenvalue weighted by Crippen LogP contribution is 2.29. The van der Waals surface area contributed by atoms with Crippen LogP contribution in [0.4, 0.5) is 4.39 Å². The van der Waals surface area contributed by atoms with Gasteiger partial charge in [0.15, 0.2) is 0 Å². The highest BCUT2D eigenvalue weighted by molar-refractivity contribution is 9.10. The summed E-state index contributed by atoms with van der Waals surface area (Å²) in [6, 6.07) is 9.49. The number of rotatable bonds is 4. The van der Waals surface area contributed by atoms with Crippen LogP contribution in [-0.2, 0) is 6.61 Å². The first-order chi connectivity index (χ1) is 9.47. The molecular formula is C15H13BrClFO2. The molecule has 0 saturated heterocycles. The number of benzene rings is 2. The fourth-order valence-corrected chi connectivity index (χ4v) is 2.42. The van der Waals surface area contributed by atoms with Gasteiger partial charge in [-0.1, -0.05) is 33.6 Å². The van der Waals surface area contributed by atoms with E-state index in [0.717, 1.165) is 5.56 Å². The van der Waals surface area contributed by atoms with Crippen LogP contribution in [0.2, 0.25) is 5.02 Å². The third-order valence-corrected chi connectivity index (χ3v) is 3.79. The highest BCUT2D eigenvalue weighted by Gasteiger charge is 2.11. The average Bonchev–Trinajstić information content (AvgIpc) is 2.38. The van der Waals surface area contributed by atoms with Gasteiger partial charge in [0.2, 0.25) is 0 Å². The lowest BCUT2D eigenvalue weighted by molar-refractivity contribution is 0.190. The fraction of sp³-hybridized carbons (Fsp3) is 0.200. The van der Waals surface area contributed by atoms with Gasteiger partial charge in [0.25, 0.3) is 0 Å². The van der Waals surface area contributed by atoms with Crippen LogP contribution in [0.25, 0.3) is 0 Å². The van der Waals surface area contributed by atoms with Gasteiger partial charge in [-0.15, -0.1) is 0 Å². The molecule has 2 aromatic carbocycles. The first-order valence-electron chi connectivity index (χ1n) is 6.01. The topological polar surface area (TPSA) is 29.5 Å². The smallest absolute Gasteiger partial charge is 0.125 e. The lowest BCUT2D eigenvalue weighted by Crippen LogP contribution is -2.01. The van der Waals surface area contributed by atoms with E-state index in [-0.39, 0.29) is 12.4 Å². The molecule has 0 fully saturated rings. The summed E-state index contributed by atoms with van der Waals surface area (Å²) in [5, 5.41) is 10.3. The maximum absolute atomic E-state index is 13.0. The molecule has 20 heavy (non-hydrogen) atoms. The van der Waals surface area contributed by atoms with Crippen molar-refractivity contribution in [2.75, 3.05) is 0 Å². The molecule has 2 nitrogen and oxygen atoms in total. The molecule has 0 aliphatic heterocycles. The predicted molar refractivity (Wildman–Crippen MR) is 80.5 cm³/mol. The van der Waals surface area contributed by atoms with Gasteiger partial charge >= 0.3 is 0 Å². The van der Waals surface area contributed by atoms with Crippen LogP contribution in [0.3, 0.4) is 0 Å². The van der Waals surface area contributed by atoms with Crippen molar-refractivity contribution in [2.45, 2.75) is 19.6 Å². The Hall–Kier alpha value is -1.10. The van der Waals surface area contributed by atoms with Crippen molar-refractivity contribution >= 4 is 27.5 Å². The second-order valence-electron chi connectivity index (χ2n) is 4.38. The quantitative estimate of drug-likeness (QED) is 0.843. The molecule has 0 aromatic heterocycles. The maximum Gasteiger partial charge on any atom is 0.125 e. The van der Waals surface area contributed by atoms with Crippen LogP contribution in [-0.4, -0.2) is 5.11 Å². The monoisotopic (exact) mass is 358 g/mol. The summed E-state index contributed by atoms with van der Waals surface area (Å²) in [6.45, 7) is 1.91. The Morgan fingerprint density at radius 2 is 2.05 bits per heavy atom. The summed E-state index contributed by atoms with van der Waals surface area (Å²) in [4.78, 5) is 0. The molecule has 1 atom stereocenters. The van der Waals surface area contributed by atoms with E-state index in [1.54, 1.807) is 31.2 Å². The van der Waals surface area contributed by atoms with Gasteiger partial charge in [-0.3, -0.25) is 0 Å². The van der Waals surface area contributed by atoms with E-state index in [0.29, 0.717) is 20.8 Å². The van der Waals surface area contributed by atoms with E-state index < -0.39 is 6.10 Å². The summed E-state index contributed by atoms with van der Waals surface area (Å²) < 4.78 is 19.3. The SMILES string of the molecule is CC(O)c1cc(Cl)ccc1OCc1ccc(F)cc1Br. The molecule has 106 valence electrons. The Kier molecular flexibility index (Phi) is 5.02. The largest absolute Gasteiger partial charge is 0.488 e. The second-order valence-corrected chi connectivity index (χ2v) is 5.67. The van der Waals surface area contributed by atoms with Crippen molar-refractivity contribution in [1.82, 2.24) is 0 Å². The van der Waals surface area contributed by atoms with Crippen molar-refractivity contribution in [1.29, 1.82) is 0 Å². The van der Waals surface area contributed by atoms with Crippen molar-refractivity contribution in [3.05, 3.63) is 62.8 Å². The molecule has 5 heteroatoms. The molecule has 2 aromatic rings. The fourth-order valence-electron chi connectivity index (χ4n) is 1.77. The zero-order valence-electron chi connectivity index (χ0n) is 10.7. The minimum absolute atomic E-state index is 0.266. The molecule has 1 unspecified atom stereocenters. The van der Waals surface area contributed by atoms with Gasteiger partial charge in [-0.2, -0.15) is 0 Å². The number of aliphatic hydroxyl groups is 1. The average molecular weight is 360 g/mol.